The van der Waals surface area contributed by atoms with Crippen LogP contribution >= 0.6 is 0 Å². The molecule has 0 unspecified atom stereocenters. The molecule has 1 saturated carbocycles. The Morgan fingerprint density at radius 2 is 1.81 bits per heavy atom. The van der Waals surface area contributed by atoms with Crippen LogP contribution in [-0.4, -0.2) is 70.1 Å². The molecule has 0 spiro atoms. The Balaban J connectivity index is 1.20. The lowest BCUT2D eigenvalue weighted by molar-refractivity contribution is -0.0660. The van der Waals surface area contributed by atoms with Gasteiger partial charge in [-0.1, -0.05) is 0 Å². The average molecular weight is 436 g/mol. The summed E-state index contributed by atoms with van der Waals surface area (Å²) in [6.45, 7) is 5.92. The maximum Gasteiger partial charge on any atom is 0.246 e. The van der Waals surface area contributed by atoms with Crippen molar-refractivity contribution < 1.29 is 9.13 Å². The van der Waals surface area contributed by atoms with Crippen LogP contribution in [0.1, 0.15) is 24.3 Å². The SMILES string of the molecule is Fc1cc(-n2cnc(Nc3cc(C4CC4)cc(N4CCN(C5COC5)CC4)c3)n2)ccn1. The Hall–Kier alpha value is -3.04. The Morgan fingerprint density at radius 3 is 2.53 bits per heavy atom. The predicted octanol–water partition coefficient (Wildman–Crippen LogP) is 2.94. The number of hydrogen-bond donors (Lipinski definition) is 1. The summed E-state index contributed by atoms with van der Waals surface area (Å²) in [4.78, 5) is 13.0. The Kier molecular flexibility index (Phi) is 4.99. The third-order valence-corrected chi connectivity index (χ3v) is 6.53. The maximum absolute atomic E-state index is 13.4. The van der Waals surface area contributed by atoms with Crippen LogP contribution in [0, 0.1) is 5.95 Å². The molecule has 1 N–H and O–H groups in total. The van der Waals surface area contributed by atoms with Crippen molar-refractivity contribution >= 4 is 17.3 Å². The third-order valence-electron chi connectivity index (χ3n) is 6.53. The van der Waals surface area contributed by atoms with Gasteiger partial charge >= 0.3 is 0 Å². The van der Waals surface area contributed by atoms with Crippen molar-refractivity contribution in [1.29, 1.82) is 0 Å². The van der Waals surface area contributed by atoms with Gasteiger partial charge in [0, 0.05) is 49.8 Å². The maximum atomic E-state index is 13.4. The van der Waals surface area contributed by atoms with E-state index in [0.717, 1.165) is 45.1 Å². The van der Waals surface area contributed by atoms with Crippen LogP contribution in [-0.2, 0) is 4.74 Å². The molecule has 6 rings (SSSR count). The van der Waals surface area contributed by atoms with Crippen LogP contribution in [0.2, 0.25) is 0 Å². The summed E-state index contributed by atoms with van der Waals surface area (Å²) in [6.07, 6.45) is 5.49. The number of pyridine rings is 1. The topological polar surface area (TPSA) is 71.3 Å². The molecule has 1 aromatic carbocycles. The van der Waals surface area contributed by atoms with E-state index in [1.807, 2.05) is 0 Å². The molecule has 3 aliphatic rings. The van der Waals surface area contributed by atoms with Gasteiger partial charge in [0.1, 0.15) is 6.33 Å². The first kappa shape index (κ1) is 19.6. The van der Waals surface area contributed by atoms with E-state index >= 15 is 0 Å². The zero-order valence-corrected chi connectivity index (χ0v) is 17.8. The van der Waals surface area contributed by atoms with Gasteiger partial charge in [0.15, 0.2) is 0 Å². The average Bonchev–Trinajstić information content (AvgIpc) is 3.52. The molecule has 0 atom stereocenters. The highest BCUT2D eigenvalue weighted by molar-refractivity contribution is 5.65. The van der Waals surface area contributed by atoms with E-state index in [4.69, 9.17) is 4.74 Å². The fraction of sp³-hybridized carbons (Fsp3) is 0.435. The van der Waals surface area contributed by atoms with Crippen molar-refractivity contribution in [1.82, 2.24) is 24.6 Å². The van der Waals surface area contributed by atoms with Crippen LogP contribution in [0.25, 0.3) is 5.69 Å². The van der Waals surface area contributed by atoms with Crippen molar-refractivity contribution in [2.45, 2.75) is 24.8 Å². The van der Waals surface area contributed by atoms with Crippen LogP contribution < -0.4 is 10.2 Å². The van der Waals surface area contributed by atoms with E-state index in [0.29, 0.717) is 23.6 Å². The van der Waals surface area contributed by atoms with Gasteiger partial charge in [-0.2, -0.15) is 9.37 Å². The molecule has 2 aliphatic heterocycles. The standard InChI is InChI=1S/C23H26FN7O/c24-22-12-19(3-4-25-22)31-15-26-23(28-31)27-18-9-17(16-1-2-16)10-20(11-18)29-5-7-30(8-6-29)21-13-32-14-21/h3-4,9-12,15-16,21H,1-2,5-8,13-14H2,(H,27,28). The molecular formula is C23H26FN7O. The summed E-state index contributed by atoms with van der Waals surface area (Å²) in [7, 11) is 0. The van der Waals surface area contributed by atoms with Gasteiger partial charge in [-0.25, -0.2) is 9.67 Å². The minimum absolute atomic E-state index is 0.482. The van der Waals surface area contributed by atoms with Gasteiger partial charge in [-0.3, -0.25) is 4.90 Å². The smallest absolute Gasteiger partial charge is 0.246 e. The lowest BCUT2D eigenvalue weighted by atomic mass is 10.1. The lowest BCUT2D eigenvalue weighted by Crippen LogP contribution is -2.56. The summed E-state index contributed by atoms with van der Waals surface area (Å²) < 4.78 is 20.3. The van der Waals surface area contributed by atoms with E-state index in [2.05, 4.69) is 48.4 Å². The largest absolute Gasteiger partial charge is 0.378 e. The quantitative estimate of drug-likeness (QED) is 0.597. The van der Waals surface area contributed by atoms with Crippen LogP contribution in [0.5, 0.6) is 0 Å². The van der Waals surface area contributed by atoms with Gasteiger partial charge in [0.2, 0.25) is 11.9 Å². The highest BCUT2D eigenvalue weighted by Crippen LogP contribution is 2.42. The number of nitrogens with zero attached hydrogens (tertiary/aromatic N) is 6. The van der Waals surface area contributed by atoms with E-state index in [1.54, 1.807) is 17.1 Å². The van der Waals surface area contributed by atoms with Crippen molar-refractivity contribution in [3.63, 3.8) is 0 Å². The van der Waals surface area contributed by atoms with Gasteiger partial charge in [-0.05, 0) is 48.6 Å². The molecule has 8 nitrogen and oxygen atoms in total. The second-order valence-electron chi connectivity index (χ2n) is 8.78. The fourth-order valence-electron chi connectivity index (χ4n) is 4.43. The molecule has 0 amide bonds. The lowest BCUT2D eigenvalue weighted by Gasteiger charge is -2.43. The normalized spacial score (nSPS) is 19.7. The van der Waals surface area contributed by atoms with Crippen molar-refractivity contribution in [3.05, 3.63) is 54.4 Å². The highest BCUT2D eigenvalue weighted by Gasteiger charge is 2.30. The highest BCUT2D eigenvalue weighted by atomic mass is 19.1. The summed E-state index contributed by atoms with van der Waals surface area (Å²) in [5.41, 5.74) is 4.19. The van der Waals surface area contributed by atoms with E-state index in [9.17, 15) is 4.39 Å². The van der Waals surface area contributed by atoms with Gasteiger partial charge < -0.3 is 15.0 Å². The number of rotatable bonds is 6. The minimum Gasteiger partial charge on any atom is -0.378 e. The first-order valence-corrected chi connectivity index (χ1v) is 11.2. The fourth-order valence-corrected chi connectivity index (χ4v) is 4.43. The van der Waals surface area contributed by atoms with Crippen LogP contribution in [0.3, 0.4) is 0 Å². The Morgan fingerprint density at radius 1 is 0.969 bits per heavy atom. The molecule has 3 aromatic rings. The van der Waals surface area contributed by atoms with Crippen molar-refractivity contribution in [3.8, 4) is 5.69 Å². The van der Waals surface area contributed by atoms with Crippen molar-refractivity contribution in [2.75, 3.05) is 49.6 Å². The summed E-state index contributed by atoms with van der Waals surface area (Å²) >= 11 is 0. The molecule has 3 fully saturated rings. The number of aromatic nitrogens is 4. The summed E-state index contributed by atoms with van der Waals surface area (Å²) in [5.74, 6) is 0.587. The van der Waals surface area contributed by atoms with Crippen molar-refractivity contribution in [2.24, 2.45) is 0 Å². The zero-order chi connectivity index (χ0) is 21.5. The number of piperazine rings is 1. The molecule has 32 heavy (non-hydrogen) atoms. The number of nitrogens with one attached hydrogen (secondary N) is 1. The summed E-state index contributed by atoms with van der Waals surface area (Å²) in [5, 5.41) is 7.81. The first-order valence-electron chi connectivity index (χ1n) is 11.2. The Bertz CT molecular complexity index is 1100. The van der Waals surface area contributed by atoms with E-state index in [1.165, 1.54) is 36.4 Å². The number of hydrogen-bond acceptors (Lipinski definition) is 7. The van der Waals surface area contributed by atoms with E-state index in [-0.39, 0.29) is 0 Å². The molecule has 9 heteroatoms. The monoisotopic (exact) mass is 435 g/mol. The number of anilines is 3. The molecule has 0 radical (unpaired) electrons. The molecule has 2 aromatic heterocycles. The molecule has 4 heterocycles. The predicted molar refractivity (Wildman–Crippen MR) is 119 cm³/mol. The molecule has 166 valence electrons. The Labute approximate surface area is 186 Å². The van der Waals surface area contributed by atoms with Crippen LogP contribution in [0.15, 0.2) is 42.9 Å². The molecular weight excluding hydrogens is 409 g/mol. The van der Waals surface area contributed by atoms with Gasteiger partial charge in [-0.15, -0.1) is 5.10 Å². The minimum atomic E-state index is -0.542. The van der Waals surface area contributed by atoms with E-state index < -0.39 is 5.95 Å². The second kappa shape index (κ2) is 8.14. The number of halogens is 1. The molecule has 2 saturated heterocycles. The first-order chi connectivity index (χ1) is 15.7. The number of benzene rings is 1. The third kappa shape index (κ3) is 4.05. The second-order valence-corrected chi connectivity index (χ2v) is 8.78. The van der Waals surface area contributed by atoms with Gasteiger partial charge in [0.05, 0.1) is 24.9 Å². The molecule has 1 aliphatic carbocycles. The number of ether oxygens (including phenoxy) is 1. The van der Waals surface area contributed by atoms with Gasteiger partial charge in [0.25, 0.3) is 0 Å². The molecule has 0 bridgehead atoms. The van der Waals surface area contributed by atoms with Crippen LogP contribution in [0.4, 0.5) is 21.7 Å². The summed E-state index contributed by atoms with van der Waals surface area (Å²) in [6, 6.07) is 10.4. The zero-order valence-electron chi connectivity index (χ0n) is 17.8.